The molecule has 0 fully saturated rings. The van der Waals surface area contributed by atoms with Crippen molar-refractivity contribution >= 4 is 33.5 Å². The SMILES string of the molecule is C=C(Nc1nc2c(s1)-c1cccc(-c3nccs3)c1CCC2)c1c(F)cccc1F. The van der Waals surface area contributed by atoms with Crippen molar-refractivity contribution < 1.29 is 8.78 Å². The fraction of sp³-hybridized carbons (Fsp3) is 0.130. The summed E-state index contributed by atoms with van der Waals surface area (Å²) in [5, 5.41) is 6.60. The lowest BCUT2D eigenvalue weighted by molar-refractivity contribution is 0.577. The molecule has 7 heteroatoms. The molecule has 30 heavy (non-hydrogen) atoms. The predicted molar refractivity (Wildman–Crippen MR) is 120 cm³/mol. The predicted octanol–water partition coefficient (Wildman–Crippen LogP) is 6.78. The van der Waals surface area contributed by atoms with Crippen molar-refractivity contribution in [2.24, 2.45) is 0 Å². The lowest BCUT2D eigenvalue weighted by Gasteiger charge is -2.11. The lowest BCUT2D eigenvalue weighted by Crippen LogP contribution is -2.02. The number of rotatable bonds is 4. The van der Waals surface area contributed by atoms with Gasteiger partial charge >= 0.3 is 0 Å². The molecule has 0 aliphatic heterocycles. The van der Waals surface area contributed by atoms with Gasteiger partial charge in [-0.1, -0.05) is 42.2 Å². The molecule has 5 rings (SSSR count). The van der Waals surface area contributed by atoms with Crippen LogP contribution in [0.2, 0.25) is 0 Å². The molecule has 3 nitrogen and oxygen atoms in total. The first kappa shape index (κ1) is 19.1. The van der Waals surface area contributed by atoms with E-state index in [-0.39, 0.29) is 11.3 Å². The summed E-state index contributed by atoms with van der Waals surface area (Å²) < 4.78 is 28.2. The number of benzene rings is 2. The smallest absolute Gasteiger partial charge is 0.187 e. The highest BCUT2D eigenvalue weighted by Crippen LogP contribution is 2.42. The van der Waals surface area contributed by atoms with Crippen molar-refractivity contribution in [3.63, 3.8) is 0 Å². The summed E-state index contributed by atoms with van der Waals surface area (Å²) in [7, 11) is 0. The maximum Gasteiger partial charge on any atom is 0.187 e. The number of aromatic nitrogens is 2. The molecule has 0 saturated heterocycles. The van der Waals surface area contributed by atoms with Crippen LogP contribution < -0.4 is 5.32 Å². The molecule has 0 atom stereocenters. The Kier molecular flexibility index (Phi) is 4.92. The Morgan fingerprint density at radius 2 is 1.80 bits per heavy atom. The largest absolute Gasteiger partial charge is 0.331 e. The van der Waals surface area contributed by atoms with Crippen LogP contribution in [0, 0.1) is 11.6 Å². The number of aryl methyl sites for hydroxylation is 1. The van der Waals surface area contributed by atoms with Crippen LogP contribution in [0.4, 0.5) is 13.9 Å². The molecule has 150 valence electrons. The first-order chi connectivity index (χ1) is 14.6. The van der Waals surface area contributed by atoms with Gasteiger partial charge in [0.2, 0.25) is 0 Å². The number of nitrogens with one attached hydrogen (secondary N) is 1. The fourth-order valence-corrected chi connectivity index (χ4v) is 5.60. The number of hydrogen-bond acceptors (Lipinski definition) is 5. The number of fused-ring (bicyclic) bond motifs is 3. The minimum absolute atomic E-state index is 0.158. The standard InChI is InChI=1S/C23H17F2N3S2/c1-13(20-17(24)8-4-9-18(20)25)27-23-28-19-10-3-5-14-15(21(19)30-23)6-2-7-16(14)22-26-11-12-29-22/h2,4,6-9,11-12H,1,3,5,10H2,(H,27,28). The van der Waals surface area contributed by atoms with Gasteiger partial charge in [0.05, 0.1) is 16.1 Å². The topological polar surface area (TPSA) is 37.8 Å². The molecule has 0 bridgehead atoms. The number of nitrogens with zero attached hydrogens (tertiary/aromatic N) is 2. The van der Waals surface area contributed by atoms with Crippen molar-refractivity contribution in [2.45, 2.75) is 19.3 Å². The molecule has 0 unspecified atom stereocenters. The van der Waals surface area contributed by atoms with Crippen molar-refractivity contribution in [3.05, 3.63) is 83.0 Å². The number of hydrogen-bond donors (Lipinski definition) is 1. The van der Waals surface area contributed by atoms with E-state index in [9.17, 15) is 8.78 Å². The van der Waals surface area contributed by atoms with Crippen LogP contribution in [0.15, 0.2) is 54.6 Å². The average molecular weight is 438 g/mol. The summed E-state index contributed by atoms with van der Waals surface area (Å²) in [6.45, 7) is 3.83. The van der Waals surface area contributed by atoms with Gasteiger partial charge in [-0.25, -0.2) is 18.7 Å². The summed E-state index contributed by atoms with van der Waals surface area (Å²) in [5.74, 6) is -1.30. The molecule has 0 saturated carbocycles. The van der Waals surface area contributed by atoms with Crippen LogP contribution in [-0.2, 0) is 12.8 Å². The number of halogens is 2. The lowest BCUT2D eigenvalue weighted by atomic mass is 9.98. The zero-order valence-corrected chi connectivity index (χ0v) is 17.5. The van der Waals surface area contributed by atoms with Gasteiger partial charge < -0.3 is 5.32 Å². The van der Waals surface area contributed by atoms with E-state index in [1.807, 2.05) is 17.6 Å². The summed E-state index contributed by atoms with van der Waals surface area (Å²) in [6.07, 6.45) is 4.61. The Labute approximate surface area is 180 Å². The third-order valence-electron chi connectivity index (χ3n) is 5.14. The van der Waals surface area contributed by atoms with E-state index in [1.165, 1.54) is 35.1 Å². The maximum atomic E-state index is 14.1. The first-order valence-corrected chi connectivity index (χ1v) is 11.2. The first-order valence-electron chi connectivity index (χ1n) is 9.54. The summed E-state index contributed by atoms with van der Waals surface area (Å²) >= 11 is 3.12. The zero-order chi connectivity index (χ0) is 20.7. The van der Waals surface area contributed by atoms with Gasteiger partial charge in [-0.15, -0.1) is 11.3 Å². The third-order valence-corrected chi connectivity index (χ3v) is 7.00. The summed E-state index contributed by atoms with van der Waals surface area (Å²) in [4.78, 5) is 10.3. The Morgan fingerprint density at radius 1 is 1.03 bits per heavy atom. The molecule has 2 aromatic heterocycles. The highest BCUT2D eigenvalue weighted by Gasteiger charge is 2.23. The second-order valence-electron chi connectivity index (χ2n) is 7.02. The normalized spacial score (nSPS) is 12.7. The molecule has 0 radical (unpaired) electrons. The second-order valence-corrected chi connectivity index (χ2v) is 8.91. The minimum Gasteiger partial charge on any atom is -0.331 e. The highest BCUT2D eigenvalue weighted by molar-refractivity contribution is 7.19. The third kappa shape index (κ3) is 3.34. The Bertz CT molecular complexity index is 1230. The number of thiazole rings is 2. The molecular formula is C23H17F2N3S2. The van der Waals surface area contributed by atoms with E-state index >= 15 is 0 Å². The van der Waals surface area contributed by atoms with Crippen molar-refractivity contribution in [2.75, 3.05) is 5.32 Å². The minimum atomic E-state index is -0.649. The molecule has 2 heterocycles. The van der Waals surface area contributed by atoms with Crippen LogP contribution >= 0.6 is 22.7 Å². The van der Waals surface area contributed by atoms with Gasteiger partial charge in [0, 0.05) is 22.8 Å². The van der Waals surface area contributed by atoms with Crippen molar-refractivity contribution in [1.82, 2.24) is 9.97 Å². The molecule has 1 aliphatic carbocycles. The Balaban J connectivity index is 1.53. The monoisotopic (exact) mass is 437 g/mol. The molecule has 2 aromatic carbocycles. The molecular weight excluding hydrogens is 420 g/mol. The van der Waals surface area contributed by atoms with Crippen LogP contribution in [-0.4, -0.2) is 9.97 Å². The zero-order valence-electron chi connectivity index (χ0n) is 15.9. The average Bonchev–Trinajstić information content (AvgIpc) is 3.35. The van der Waals surface area contributed by atoms with E-state index in [0.29, 0.717) is 5.13 Å². The van der Waals surface area contributed by atoms with Gasteiger partial charge in [0.15, 0.2) is 5.13 Å². The second kappa shape index (κ2) is 7.74. The quantitative estimate of drug-likeness (QED) is 0.382. The van der Waals surface area contributed by atoms with Crippen LogP contribution in [0.3, 0.4) is 0 Å². The van der Waals surface area contributed by atoms with Gasteiger partial charge in [-0.05, 0) is 42.5 Å². The molecule has 1 N–H and O–H groups in total. The number of anilines is 1. The fourth-order valence-electron chi connectivity index (χ4n) is 3.82. The van der Waals surface area contributed by atoms with Crippen LogP contribution in [0.5, 0.6) is 0 Å². The van der Waals surface area contributed by atoms with E-state index in [1.54, 1.807) is 11.3 Å². The van der Waals surface area contributed by atoms with Gasteiger partial charge in [0.25, 0.3) is 0 Å². The maximum absolute atomic E-state index is 14.1. The van der Waals surface area contributed by atoms with E-state index < -0.39 is 11.6 Å². The molecule has 0 amide bonds. The van der Waals surface area contributed by atoms with Crippen LogP contribution in [0.25, 0.3) is 26.7 Å². The summed E-state index contributed by atoms with van der Waals surface area (Å²) in [5.41, 5.74) is 4.60. The van der Waals surface area contributed by atoms with E-state index in [4.69, 9.17) is 4.98 Å². The van der Waals surface area contributed by atoms with Crippen molar-refractivity contribution in [1.29, 1.82) is 0 Å². The van der Waals surface area contributed by atoms with Gasteiger partial charge in [-0.2, -0.15) is 0 Å². The molecule has 1 aliphatic rings. The Morgan fingerprint density at radius 3 is 2.57 bits per heavy atom. The summed E-state index contributed by atoms with van der Waals surface area (Å²) in [6, 6.07) is 10.1. The van der Waals surface area contributed by atoms with Gasteiger partial charge in [-0.3, -0.25) is 0 Å². The Hall–Kier alpha value is -2.90. The van der Waals surface area contributed by atoms with E-state index in [2.05, 4.69) is 29.0 Å². The molecule has 4 aromatic rings. The van der Waals surface area contributed by atoms with Crippen molar-refractivity contribution in [3.8, 4) is 21.0 Å². The highest BCUT2D eigenvalue weighted by atomic mass is 32.1. The van der Waals surface area contributed by atoms with E-state index in [0.717, 1.165) is 46.0 Å². The molecule has 0 spiro atoms. The van der Waals surface area contributed by atoms with Gasteiger partial charge in [0.1, 0.15) is 16.6 Å². The van der Waals surface area contributed by atoms with Crippen LogP contribution in [0.1, 0.15) is 23.2 Å².